The Morgan fingerprint density at radius 3 is 1.09 bits per heavy atom. The predicted octanol–water partition coefficient (Wildman–Crippen LogP) is 9.66. The van der Waals surface area contributed by atoms with Gasteiger partial charge in [0.15, 0.2) is 17.3 Å². The van der Waals surface area contributed by atoms with Crippen LogP contribution in [0, 0.1) is 0 Å². The molecule has 678 valence electrons. The van der Waals surface area contributed by atoms with E-state index in [-0.39, 0.29) is 51.8 Å². The molecule has 0 aromatic heterocycles. The number of nitrogens with zero attached hydrogens (tertiary/aromatic N) is 1. The van der Waals surface area contributed by atoms with Gasteiger partial charge < -0.3 is 33.5 Å². The molecule has 1 aliphatic heterocycles. The highest BCUT2D eigenvalue weighted by atomic mass is 32.3. The molecule has 33 nitrogen and oxygen atoms in total. The summed E-state index contributed by atoms with van der Waals surface area (Å²) in [5, 5.41) is 34.3. The molecule has 1 fully saturated rings. The van der Waals surface area contributed by atoms with E-state index in [9.17, 15) is 72.1 Å². The lowest BCUT2D eigenvalue weighted by Gasteiger charge is -2.21. The van der Waals surface area contributed by atoms with Crippen LogP contribution in [-0.4, -0.2) is 90.5 Å². The van der Waals surface area contributed by atoms with Crippen LogP contribution in [0.1, 0.15) is 125 Å². The molecule has 6 aliphatic carbocycles. The van der Waals surface area contributed by atoms with Crippen LogP contribution >= 0.6 is 0 Å². The van der Waals surface area contributed by atoms with Crippen molar-refractivity contribution in [2.75, 3.05) is 13.1 Å². The molecule has 41 heteroatoms. The van der Waals surface area contributed by atoms with Crippen molar-refractivity contribution in [2.45, 2.75) is 96.3 Å². The number of benzene rings is 10. The first-order chi connectivity index (χ1) is 60.8. The number of carbonyl (C=O) groups excluding carboxylic acids is 1. The van der Waals surface area contributed by atoms with Gasteiger partial charge in [-0.2, -0.15) is 108 Å². The van der Waals surface area contributed by atoms with Gasteiger partial charge in [-0.25, -0.2) is 0 Å². The normalized spacial score (nSPS) is 15.4. The van der Waals surface area contributed by atoms with Gasteiger partial charge in [0.1, 0.15) is 34.5 Å². The van der Waals surface area contributed by atoms with E-state index >= 15 is 0 Å². The maximum atomic E-state index is 13.2. The van der Waals surface area contributed by atoms with E-state index in [0.717, 1.165) is 128 Å². The summed E-state index contributed by atoms with van der Waals surface area (Å²) in [6.07, 6.45) is 21.9. The second-order valence-electron chi connectivity index (χ2n) is 30.4. The van der Waals surface area contributed by atoms with Crippen LogP contribution in [0.2, 0.25) is 0 Å². The van der Waals surface area contributed by atoms with E-state index in [1.165, 1.54) is 75.8 Å². The maximum absolute atomic E-state index is 13.2. The summed E-state index contributed by atoms with van der Waals surface area (Å²) in [5.41, 5.74) is 21.3. The second-order valence-corrected chi connectivity index (χ2v) is 40.0. The molecule has 0 unspecified atom stereocenters. The van der Waals surface area contributed by atoms with E-state index in [1.807, 2.05) is 54.6 Å². The monoisotopic (exact) mass is 1910 g/mol. The minimum atomic E-state index is -4.13. The van der Waals surface area contributed by atoms with Crippen LogP contribution in [0.4, 0.5) is 0 Å². The Bertz CT molecular complexity index is 7190. The zero-order chi connectivity index (χ0) is 92.4. The first-order valence-electron chi connectivity index (χ1n) is 39.7. The summed E-state index contributed by atoms with van der Waals surface area (Å²) in [7, 11) is -32.3. The van der Waals surface area contributed by atoms with Crippen LogP contribution < -0.4 is 69.4 Å². The molecule has 10 aromatic carbocycles. The highest BCUT2D eigenvalue weighted by Gasteiger charge is 2.31. The van der Waals surface area contributed by atoms with Crippen LogP contribution in [-0.2, 0) is 153 Å². The number of rotatable bonds is 22. The number of fused-ring (bicyclic) bond motifs is 6. The average molecular weight is 1910 g/mol. The first kappa shape index (κ1) is 94.9. The molecular formula is C88H88N8O25S8. The molecule has 7 aliphatic rings. The predicted molar refractivity (Wildman–Crippen MR) is 485 cm³/mol. The van der Waals surface area contributed by atoms with Crippen LogP contribution in [0.25, 0.3) is 27.9 Å². The number of ketones is 1. The molecule has 10 aromatic rings. The largest absolute Gasteiger partial charge is 0.385 e. The van der Waals surface area contributed by atoms with E-state index in [1.54, 1.807) is 115 Å². The number of hydrogen-bond donors (Lipinski definition) is 7. The second kappa shape index (κ2) is 39.7. The van der Waals surface area contributed by atoms with Gasteiger partial charge >= 0.3 is 82.4 Å². The number of nitrogens with two attached hydrogens (primary N) is 7. The van der Waals surface area contributed by atoms with Gasteiger partial charge in [0.2, 0.25) is 0 Å². The molecule has 0 amide bonds. The molecule has 1 saturated heterocycles. The quantitative estimate of drug-likeness (QED) is 0.0332. The molecule has 17 rings (SSSR count). The number of allylic oxidation sites excluding steroid dienone is 10. The van der Waals surface area contributed by atoms with Crippen molar-refractivity contribution in [1.29, 1.82) is 0 Å². The lowest BCUT2D eigenvalue weighted by molar-refractivity contribution is 0.105. The summed E-state index contributed by atoms with van der Waals surface area (Å²) >= 11 is 0. The average Bonchev–Trinajstić information content (AvgIpc) is 1.03. The van der Waals surface area contributed by atoms with Crippen molar-refractivity contribution in [3.8, 4) is 46.0 Å². The molecule has 1 heterocycles. The van der Waals surface area contributed by atoms with E-state index in [4.69, 9.17) is 52.7 Å². The minimum absolute atomic E-state index is 0.0130. The number of aryl methyl sites for hydroxylation is 2. The maximum Gasteiger partial charge on any atom is 0.385 e. The Labute approximate surface area is 749 Å². The van der Waals surface area contributed by atoms with Crippen LogP contribution in [0.5, 0.6) is 46.0 Å². The topological polar surface area (TPSA) is 549 Å². The fourth-order valence-electron chi connectivity index (χ4n) is 15.6. The molecule has 0 bridgehead atoms. The lowest BCUT2D eigenvalue weighted by Crippen LogP contribution is -2.31. The van der Waals surface area contributed by atoms with Gasteiger partial charge in [0, 0.05) is 35.4 Å². The first-order valence-corrected chi connectivity index (χ1v) is 51.3. The standard InChI is InChI=1S/C24H25NO4S.3C16H16N2O6S2.C16H15NO3S/c26-24-22(19-8-7-17-5-1-2-6-18(17)15-19)11-9-20-16-21(10-12-23(20)24)29-30(27,28)25-13-3-4-14-25;17-25(19,20)23-15-6-3-11(4-7-15)12-1-2-14-10-16(24-26(18,21)22)8-5-13(14)9-12;17-25(19,20)23-15-3-1-2-11(9-15)12-4-5-14-10-16(24-26(18,21)22)7-6-13(14)8-12;17-25(19,20)23-14-8-7-11-9-13(6-5-12(11)10-14)15-3-1-2-4-16(15)24-26(18,21)22;17-21(18,19)20-16-8-4-3-7-15(16)14-10-9-12-5-1-2-6-13(12)11-14/h7-8,10-12,15-16H,1-6,9,13-14H2;1,3-8,10H,2,9H2,(H2,17,19,20)(H2,18,21,22);1-4,6-7,9-10H,5,8H2,(H2,17,19,20)(H2,18,21,22);1-4,6-8,10H,5,9H2,(H2,17,19,20)(H2,18,21,22);1-8,10H,9,11H2,(H2,17,18,19). The Balaban J connectivity index is 0.000000138. The van der Waals surface area contributed by atoms with Gasteiger partial charge in [-0.15, -0.1) is 0 Å². The molecule has 0 atom stereocenters. The Kier molecular flexibility index (Phi) is 29.2. The Morgan fingerprint density at radius 2 is 0.605 bits per heavy atom. The lowest BCUT2D eigenvalue weighted by atomic mass is 9.84. The Morgan fingerprint density at radius 1 is 0.248 bits per heavy atom. The smallest absolute Gasteiger partial charge is 0.371 e. The number of Topliss-reactive ketones (excluding diaryl/α,β-unsaturated/α-hetero) is 1. The van der Waals surface area contributed by atoms with Crippen molar-refractivity contribution in [1.82, 2.24) is 4.31 Å². The minimum Gasteiger partial charge on any atom is -0.371 e. The van der Waals surface area contributed by atoms with Crippen molar-refractivity contribution in [2.24, 2.45) is 36.0 Å². The van der Waals surface area contributed by atoms with Gasteiger partial charge in [-0.1, -0.05) is 152 Å². The third-order valence-electron chi connectivity index (χ3n) is 21.2. The fourth-order valence-corrected chi connectivity index (χ4v) is 19.4. The van der Waals surface area contributed by atoms with Crippen LogP contribution in [0.3, 0.4) is 0 Å². The van der Waals surface area contributed by atoms with Gasteiger partial charge in [0.05, 0.1) is 0 Å². The van der Waals surface area contributed by atoms with Gasteiger partial charge in [-0.3, -0.25) is 4.79 Å². The van der Waals surface area contributed by atoms with Crippen molar-refractivity contribution in [3.63, 3.8) is 0 Å². The summed E-state index contributed by atoms with van der Waals surface area (Å²) in [6.45, 7) is 0.997. The number of carbonyl (C=O) groups is 1. The van der Waals surface area contributed by atoms with Crippen molar-refractivity contribution >= 4 is 116 Å². The summed E-state index contributed by atoms with van der Waals surface area (Å²) in [4.78, 5) is 13.2. The number of hydrogen-bond acceptors (Lipinski definition) is 25. The molecule has 14 N–H and O–H groups in total. The molecular weight excluding hydrogens is 1830 g/mol. The van der Waals surface area contributed by atoms with Crippen molar-refractivity contribution in [3.05, 3.63) is 337 Å². The molecule has 129 heavy (non-hydrogen) atoms. The zero-order valence-electron chi connectivity index (χ0n) is 68.6. The summed E-state index contributed by atoms with van der Waals surface area (Å²) in [5.74, 6) is 1.41. The SMILES string of the molecule is NS(=O)(=O)Oc1ccc(C2=CCc3cc(OS(N)(=O)=O)ccc3C2)cc1.NS(=O)(=O)Oc1ccc2c(c1)CC=C(c1ccccc1OS(N)(=O)=O)C2.NS(=O)(=O)Oc1cccc(C2=CCc3cc(OS(N)(=O)=O)ccc3C2)c1.NS(=O)(=O)Oc1ccccc1C1=CCc2ccccc2C1.O=C1C(c2ccc3c(c2)CCCC3)=CCc2cc(OS(=O)(=O)N3CCCC3)ccc21. The van der Waals surface area contributed by atoms with Crippen LogP contribution in [0.15, 0.2) is 243 Å². The zero-order valence-corrected chi connectivity index (χ0v) is 75.1. The third kappa shape index (κ3) is 27.4. The van der Waals surface area contributed by atoms with E-state index in [0.29, 0.717) is 69.2 Å². The van der Waals surface area contributed by atoms with Crippen molar-refractivity contribution < 1.29 is 106 Å². The molecule has 0 spiro atoms. The highest BCUT2D eigenvalue weighted by Crippen LogP contribution is 2.40. The fraction of sp³-hybridized carbons (Fsp3) is 0.193. The number of para-hydroxylation sites is 2. The third-order valence-corrected chi connectivity index (χ3v) is 25.5. The molecule has 0 saturated carbocycles. The molecule has 0 radical (unpaired) electrons. The summed E-state index contributed by atoms with van der Waals surface area (Å²) < 4.78 is 220. The summed E-state index contributed by atoms with van der Waals surface area (Å²) in [6, 6.07) is 61.3. The van der Waals surface area contributed by atoms with Gasteiger partial charge in [0.25, 0.3) is 0 Å². The van der Waals surface area contributed by atoms with E-state index < -0.39 is 82.4 Å². The Hall–Kier alpha value is -11.8. The highest BCUT2D eigenvalue weighted by molar-refractivity contribution is 7.86. The van der Waals surface area contributed by atoms with Gasteiger partial charge in [-0.05, 0) is 287 Å². The van der Waals surface area contributed by atoms with E-state index in [2.05, 4.69) is 53.1 Å².